The first-order valence-corrected chi connectivity index (χ1v) is 3.35. The van der Waals surface area contributed by atoms with Gasteiger partial charge in [0.1, 0.15) is 0 Å². The van der Waals surface area contributed by atoms with Crippen molar-refractivity contribution < 1.29 is 131 Å². The molecule has 12 heavy (non-hydrogen) atoms. The molecule has 12 heteroatoms. The molecule has 0 aromatic heterocycles. The molecule has 0 radical (unpaired) electrons. The molecule has 0 aromatic carbocycles. The molecule has 7 nitrogen and oxygen atoms in total. The van der Waals surface area contributed by atoms with Gasteiger partial charge >= 0.3 is 88.7 Å². The van der Waals surface area contributed by atoms with E-state index in [9.17, 15) is 0 Å². The van der Waals surface area contributed by atoms with E-state index in [4.69, 9.17) is 32.0 Å². The van der Waals surface area contributed by atoms with Gasteiger partial charge in [0.15, 0.2) is 0 Å². The molecule has 0 heterocycles. The predicted octanol–water partition coefficient (Wildman–Crippen LogP) is -14.7. The molecule has 0 spiro atoms. The second-order valence-corrected chi connectivity index (χ2v) is 1.75. The number of hydrogen-bond acceptors (Lipinski definition) is 7. The van der Waals surface area contributed by atoms with Crippen molar-refractivity contribution in [1.29, 1.82) is 0 Å². The minimum atomic E-state index is -4.94. The Hall–Kier alpha value is 3.20. The molecule has 0 fully saturated rings. The molecule has 0 aromatic rings. The molecule has 0 bridgehead atoms. The molecule has 0 aliphatic heterocycles. The van der Waals surface area contributed by atoms with Crippen molar-refractivity contribution in [3.05, 3.63) is 0 Å². The van der Waals surface area contributed by atoms with E-state index in [-0.39, 0.29) is 88.7 Å². The SMILES string of the molecule is O=S([O-])[O-].[Na+].[Na+].[Na+].[O-][Cl+3]([O-])([O-])[O-]. The van der Waals surface area contributed by atoms with Gasteiger partial charge in [0.25, 0.3) is 0 Å². The Kier molecular flexibility index (Phi) is 40.8. The van der Waals surface area contributed by atoms with Crippen LogP contribution in [0.5, 0.6) is 0 Å². The van der Waals surface area contributed by atoms with Gasteiger partial charge in [0.2, 0.25) is 0 Å². The summed E-state index contributed by atoms with van der Waals surface area (Å²) in [4.78, 5) is 0. The average Bonchev–Trinajstić information content (AvgIpc) is 1.19. The summed E-state index contributed by atoms with van der Waals surface area (Å²) in [6.45, 7) is 0. The minimum Gasteiger partial charge on any atom is -0.784 e. The van der Waals surface area contributed by atoms with Crippen molar-refractivity contribution in [3.63, 3.8) is 0 Å². The molecule has 0 atom stereocenters. The number of hydrogen-bond donors (Lipinski definition) is 0. The summed E-state index contributed by atoms with van der Waals surface area (Å²) in [5, 5.41) is 0. The minimum absolute atomic E-state index is 0. The monoisotopic (exact) mass is 248 g/mol. The van der Waals surface area contributed by atoms with Crippen LogP contribution in [-0.4, -0.2) is 13.3 Å². The molecule has 0 rings (SSSR count). The van der Waals surface area contributed by atoms with Gasteiger partial charge in [-0.15, -0.1) is 21.6 Å². The maximum absolute atomic E-state index is 8.49. The van der Waals surface area contributed by atoms with Crippen LogP contribution in [0.1, 0.15) is 0 Å². The first kappa shape index (κ1) is 29.5. The van der Waals surface area contributed by atoms with Gasteiger partial charge in [-0.05, 0) is 0 Å². The van der Waals surface area contributed by atoms with Gasteiger partial charge in [0, 0.05) is 0 Å². The second kappa shape index (κ2) is 16.6. The fourth-order valence-electron chi connectivity index (χ4n) is 0. The largest absolute Gasteiger partial charge is 1.00 e. The first-order chi connectivity index (χ1) is 3.73. The molecule has 0 saturated carbocycles. The molecule has 0 aliphatic carbocycles. The van der Waals surface area contributed by atoms with Gasteiger partial charge in [-0.1, -0.05) is 0 Å². The summed E-state index contributed by atoms with van der Waals surface area (Å²) in [7, 11) is -4.94. The van der Waals surface area contributed by atoms with Crippen LogP contribution in [0.15, 0.2) is 0 Å². The third kappa shape index (κ3) is 192. The van der Waals surface area contributed by atoms with Crippen molar-refractivity contribution in [2.45, 2.75) is 0 Å². The first-order valence-electron chi connectivity index (χ1n) is 1.12. The van der Waals surface area contributed by atoms with E-state index in [2.05, 4.69) is 0 Å². The zero-order valence-electron chi connectivity index (χ0n) is 6.64. The predicted molar refractivity (Wildman–Crippen MR) is 9.70 cm³/mol. The topological polar surface area (TPSA) is 155 Å². The van der Waals surface area contributed by atoms with Crippen LogP contribution in [0.3, 0.4) is 0 Å². The van der Waals surface area contributed by atoms with Crippen LogP contribution in [0.4, 0.5) is 0 Å². The molecule has 0 amide bonds. The Labute approximate surface area is 140 Å². The maximum Gasteiger partial charge on any atom is 1.00 e. The standard InChI is InChI=1S/ClHO4.3Na.H2O3S/c2-1(3,4)5;;;;1-4(2)3/h(H,2,3,4,5);;;;(H2,1,2,3)/q;3*+1;/p-3. The summed E-state index contributed by atoms with van der Waals surface area (Å²) in [5.74, 6) is 0. The Morgan fingerprint density at radius 3 is 0.833 bits per heavy atom. The normalized spacial score (nSPS) is 7.92. The number of halogens is 1. The van der Waals surface area contributed by atoms with Crippen LogP contribution in [0.2, 0.25) is 0 Å². The average molecular weight is 248 g/mol. The molecule has 0 aliphatic rings. The summed E-state index contributed by atoms with van der Waals surface area (Å²) < 4.78 is 59.3. The van der Waals surface area contributed by atoms with Crippen LogP contribution in [0.25, 0.3) is 0 Å². The molecular formula is ClNa3O7S. The Morgan fingerprint density at radius 2 is 0.833 bits per heavy atom. The van der Waals surface area contributed by atoms with E-state index >= 15 is 0 Å². The summed E-state index contributed by atoms with van der Waals surface area (Å²) in [6.07, 6.45) is 0. The van der Waals surface area contributed by atoms with Crippen LogP contribution >= 0.6 is 0 Å². The smallest absolute Gasteiger partial charge is 0.784 e. The van der Waals surface area contributed by atoms with Crippen molar-refractivity contribution in [2.75, 3.05) is 0 Å². The molecule has 58 valence electrons. The van der Waals surface area contributed by atoms with E-state index in [0.717, 1.165) is 0 Å². The van der Waals surface area contributed by atoms with E-state index in [1.807, 2.05) is 0 Å². The third-order valence-corrected chi connectivity index (χ3v) is 0. The van der Waals surface area contributed by atoms with Crippen molar-refractivity contribution >= 4 is 11.4 Å². The Morgan fingerprint density at radius 1 is 0.833 bits per heavy atom. The maximum atomic E-state index is 8.49. The van der Waals surface area contributed by atoms with Crippen molar-refractivity contribution in [3.8, 4) is 0 Å². The quantitative estimate of drug-likeness (QED) is 0.304. The van der Waals surface area contributed by atoms with Gasteiger partial charge in [-0.3, -0.25) is 4.21 Å². The van der Waals surface area contributed by atoms with Crippen LogP contribution < -0.4 is 107 Å². The van der Waals surface area contributed by atoms with Crippen molar-refractivity contribution in [1.82, 2.24) is 0 Å². The van der Waals surface area contributed by atoms with Crippen LogP contribution in [-0.2, 0) is 11.4 Å². The fraction of sp³-hybridized carbons (Fsp3) is 0. The van der Waals surface area contributed by atoms with Gasteiger partial charge in [0.05, 0.1) is 0 Å². The Bertz CT molecular complexity index is 81.1. The van der Waals surface area contributed by atoms with Crippen LogP contribution in [0, 0.1) is 10.2 Å². The fourth-order valence-corrected chi connectivity index (χ4v) is 0. The summed E-state index contributed by atoms with van der Waals surface area (Å²) in [6, 6.07) is 0. The molecule has 0 unspecified atom stereocenters. The van der Waals surface area contributed by atoms with Gasteiger partial charge in [-0.2, -0.15) is 0 Å². The van der Waals surface area contributed by atoms with Gasteiger partial charge < -0.3 is 9.11 Å². The van der Waals surface area contributed by atoms with E-state index < -0.39 is 21.6 Å². The molecule has 0 saturated heterocycles. The summed E-state index contributed by atoms with van der Waals surface area (Å²) in [5.41, 5.74) is 0. The van der Waals surface area contributed by atoms with E-state index in [1.54, 1.807) is 0 Å². The summed E-state index contributed by atoms with van der Waals surface area (Å²) >= 11 is -3.11. The Balaban J connectivity index is -0.0000000221. The van der Waals surface area contributed by atoms with E-state index in [1.165, 1.54) is 0 Å². The third-order valence-electron chi connectivity index (χ3n) is 0. The molecular weight excluding hydrogens is 248 g/mol. The second-order valence-electron chi connectivity index (χ2n) is 0.582. The molecule has 0 N–H and O–H groups in total. The zero-order chi connectivity index (χ0) is 8.08. The zero-order valence-corrected chi connectivity index (χ0v) is 14.2. The van der Waals surface area contributed by atoms with Crippen molar-refractivity contribution in [2.24, 2.45) is 0 Å². The van der Waals surface area contributed by atoms with Gasteiger partial charge in [-0.25, -0.2) is 18.6 Å². The number of rotatable bonds is 0. The van der Waals surface area contributed by atoms with E-state index in [0.29, 0.717) is 0 Å².